The van der Waals surface area contributed by atoms with Gasteiger partial charge in [0.25, 0.3) is 5.91 Å². The number of esters is 1. The molecule has 0 spiro atoms. The van der Waals surface area contributed by atoms with E-state index < -0.39 is 0 Å². The number of carbonyl (C=O) groups excluding carboxylic acids is 2. The first-order valence-corrected chi connectivity index (χ1v) is 7.01. The molecule has 0 saturated carbocycles. The second kappa shape index (κ2) is 7.68. The number of hydrogen-bond donors (Lipinski definition) is 0. The highest BCUT2D eigenvalue weighted by atomic mass is 16.5. The van der Waals surface area contributed by atoms with Gasteiger partial charge in [0.05, 0.1) is 6.61 Å². The third kappa shape index (κ3) is 4.37. The zero-order valence-electron chi connectivity index (χ0n) is 12.7. The molecule has 0 bridgehead atoms. The Bertz CT molecular complexity index is 483. The zero-order valence-corrected chi connectivity index (χ0v) is 12.7. The Morgan fingerprint density at radius 2 is 1.90 bits per heavy atom. The van der Waals surface area contributed by atoms with Crippen LogP contribution in [0.4, 0.5) is 0 Å². The summed E-state index contributed by atoms with van der Waals surface area (Å²) in [7, 11) is 0. The summed E-state index contributed by atoms with van der Waals surface area (Å²) in [5.41, 5.74) is 2.61. The Morgan fingerprint density at radius 3 is 2.50 bits per heavy atom. The number of ether oxygens (including phenoxy) is 1. The largest absolute Gasteiger partial charge is 0.465 e. The molecule has 0 heterocycles. The molecule has 110 valence electrons. The van der Waals surface area contributed by atoms with Crippen LogP contribution in [0.25, 0.3) is 0 Å². The van der Waals surface area contributed by atoms with Crippen LogP contribution in [0.15, 0.2) is 18.2 Å². The smallest absolute Gasteiger partial charge is 0.325 e. The Morgan fingerprint density at radius 1 is 1.20 bits per heavy atom. The summed E-state index contributed by atoms with van der Waals surface area (Å²) in [6, 6.07) is 5.77. The van der Waals surface area contributed by atoms with E-state index in [1.54, 1.807) is 11.8 Å². The van der Waals surface area contributed by atoms with Gasteiger partial charge in [0, 0.05) is 12.1 Å². The molecule has 4 nitrogen and oxygen atoms in total. The van der Waals surface area contributed by atoms with Crippen LogP contribution in [0, 0.1) is 13.8 Å². The quantitative estimate of drug-likeness (QED) is 0.751. The van der Waals surface area contributed by atoms with Gasteiger partial charge in [-0.05, 0) is 38.8 Å². The van der Waals surface area contributed by atoms with Gasteiger partial charge in [0.15, 0.2) is 0 Å². The third-order valence-electron chi connectivity index (χ3n) is 3.03. The van der Waals surface area contributed by atoms with E-state index in [0.29, 0.717) is 18.7 Å². The fourth-order valence-corrected chi connectivity index (χ4v) is 2.02. The van der Waals surface area contributed by atoms with Crippen molar-refractivity contribution in [2.75, 3.05) is 19.7 Å². The normalized spacial score (nSPS) is 10.2. The lowest BCUT2D eigenvalue weighted by Crippen LogP contribution is -2.37. The number of amides is 1. The number of carbonyl (C=O) groups is 2. The van der Waals surface area contributed by atoms with E-state index in [1.807, 2.05) is 39.0 Å². The Labute approximate surface area is 120 Å². The van der Waals surface area contributed by atoms with E-state index >= 15 is 0 Å². The van der Waals surface area contributed by atoms with Gasteiger partial charge >= 0.3 is 5.97 Å². The van der Waals surface area contributed by atoms with Crippen LogP contribution >= 0.6 is 0 Å². The van der Waals surface area contributed by atoms with E-state index in [1.165, 1.54) is 0 Å². The molecule has 1 rings (SSSR count). The maximum absolute atomic E-state index is 12.6. The van der Waals surface area contributed by atoms with Crippen molar-refractivity contribution in [2.24, 2.45) is 0 Å². The second-order valence-corrected chi connectivity index (χ2v) is 4.85. The molecule has 0 N–H and O–H groups in total. The molecule has 1 amide bonds. The predicted octanol–water partition coefficient (Wildman–Crippen LogP) is 2.72. The molecular weight excluding hydrogens is 254 g/mol. The van der Waals surface area contributed by atoms with Gasteiger partial charge in [-0.25, -0.2) is 0 Å². The first-order valence-electron chi connectivity index (χ1n) is 7.01. The van der Waals surface area contributed by atoms with Crippen molar-refractivity contribution in [1.82, 2.24) is 4.90 Å². The third-order valence-corrected chi connectivity index (χ3v) is 3.03. The van der Waals surface area contributed by atoms with Crippen molar-refractivity contribution >= 4 is 11.9 Å². The van der Waals surface area contributed by atoms with Crippen LogP contribution in [-0.4, -0.2) is 36.5 Å². The lowest BCUT2D eigenvalue weighted by atomic mass is 10.0. The van der Waals surface area contributed by atoms with Crippen molar-refractivity contribution in [1.29, 1.82) is 0 Å². The van der Waals surface area contributed by atoms with Crippen molar-refractivity contribution in [2.45, 2.75) is 34.1 Å². The van der Waals surface area contributed by atoms with Gasteiger partial charge in [-0.3, -0.25) is 9.59 Å². The van der Waals surface area contributed by atoms with Crippen LogP contribution in [0.3, 0.4) is 0 Å². The molecule has 0 aliphatic carbocycles. The SMILES string of the molecule is CCCN(CC(=O)OCC)C(=O)c1cc(C)ccc1C. The van der Waals surface area contributed by atoms with Gasteiger partial charge in [-0.2, -0.15) is 0 Å². The minimum atomic E-state index is -0.361. The average Bonchev–Trinajstić information content (AvgIpc) is 2.40. The summed E-state index contributed by atoms with van der Waals surface area (Å²) in [6.07, 6.45) is 0.802. The van der Waals surface area contributed by atoms with E-state index in [4.69, 9.17) is 4.74 Å². The fraction of sp³-hybridized carbons (Fsp3) is 0.500. The van der Waals surface area contributed by atoms with E-state index in [0.717, 1.165) is 17.5 Å². The highest BCUT2D eigenvalue weighted by Crippen LogP contribution is 2.14. The molecule has 0 aliphatic rings. The first-order chi connectivity index (χ1) is 9.49. The molecule has 0 radical (unpaired) electrons. The Hall–Kier alpha value is -1.84. The van der Waals surface area contributed by atoms with Crippen molar-refractivity contribution in [3.63, 3.8) is 0 Å². The molecule has 20 heavy (non-hydrogen) atoms. The van der Waals surface area contributed by atoms with Gasteiger partial charge in [-0.1, -0.05) is 24.6 Å². The van der Waals surface area contributed by atoms with Crippen LogP contribution in [0.1, 0.15) is 41.8 Å². The van der Waals surface area contributed by atoms with Gasteiger partial charge in [-0.15, -0.1) is 0 Å². The molecule has 0 aromatic heterocycles. The minimum absolute atomic E-state index is 0.00783. The number of hydrogen-bond acceptors (Lipinski definition) is 3. The van der Waals surface area contributed by atoms with Crippen LogP contribution < -0.4 is 0 Å². The summed E-state index contributed by atoms with van der Waals surface area (Å²) in [5.74, 6) is -0.472. The number of rotatable bonds is 6. The number of benzene rings is 1. The van der Waals surface area contributed by atoms with Gasteiger partial charge < -0.3 is 9.64 Å². The van der Waals surface area contributed by atoms with Crippen LogP contribution in [-0.2, 0) is 9.53 Å². The van der Waals surface area contributed by atoms with Crippen molar-refractivity contribution in [3.05, 3.63) is 34.9 Å². The number of nitrogens with zero attached hydrogens (tertiary/aromatic N) is 1. The molecule has 4 heteroatoms. The van der Waals surface area contributed by atoms with Gasteiger partial charge in [0.2, 0.25) is 0 Å². The van der Waals surface area contributed by atoms with Crippen LogP contribution in [0.5, 0.6) is 0 Å². The highest BCUT2D eigenvalue weighted by Gasteiger charge is 2.20. The maximum Gasteiger partial charge on any atom is 0.325 e. The van der Waals surface area contributed by atoms with Crippen molar-refractivity contribution in [3.8, 4) is 0 Å². The number of aryl methyl sites for hydroxylation is 2. The summed E-state index contributed by atoms with van der Waals surface area (Å²) in [6.45, 7) is 8.48. The topological polar surface area (TPSA) is 46.6 Å². The summed E-state index contributed by atoms with van der Waals surface area (Å²) in [4.78, 5) is 25.7. The minimum Gasteiger partial charge on any atom is -0.465 e. The lowest BCUT2D eigenvalue weighted by molar-refractivity contribution is -0.143. The zero-order chi connectivity index (χ0) is 15.1. The standard InChI is InChI=1S/C16H23NO3/c1-5-9-17(11-15(18)20-6-2)16(19)14-10-12(3)7-8-13(14)4/h7-8,10H,5-6,9,11H2,1-4H3. The summed E-state index contributed by atoms with van der Waals surface area (Å²) in [5, 5.41) is 0. The Kier molecular flexibility index (Phi) is 6.22. The van der Waals surface area contributed by atoms with E-state index in [9.17, 15) is 9.59 Å². The maximum atomic E-state index is 12.6. The predicted molar refractivity (Wildman–Crippen MR) is 78.7 cm³/mol. The van der Waals surface area contributed by atoms with E-state index in [-0.39, 0.29) is 18.4 Å². The Balaban J connectivity index is 2.93. The van der Waals surface area contributed by atoms with E-state index in [2.05, 4.69) is 0 Å². The highest BCUT2D eigenvalue weighted by molar-refractivity contribution is 5.97. The molecule has 1 aromatic carbocycles. The molecular formula is C16H23NO3. The molecule has 0 atom stereocenters. The molecule has 0 fully saturated rings. The molecule has 0 saturated heterocycles. The molecule has 1 aromatic rings. The summed E-state index contributed by atoms with van der Waals surface area (Å²) >= 11 is 0. The van der Waals surface area contributed by atoms with Gasteiger partial charge in [0.1, 0.15) is 6.54 Å². The lowest BCUT2D eigenvalue weighted by Gasteiger charge is -2.22. The monoisotopic (exact) mass is 277 g/mol. The first kappa shape index (κ1) is 16.2. The summed E-state index contributed by atoms with van der Waals surface area (Å²) < 4.78 is 4.93. The fourth-order valence-electron chi connectivity index (χ4n) is 2.02. The molecule has 0 unspecified atom stereocenters. The van der Waals surface area contributed by atoms with Crippen LogP contribution in [0.2, 0.25) is 0 Å². The molecule has 0 aliphatic heterocycles. The second-order valence-electron chi connectivity index (χ2n) is 4.85. The average molecular weight is 277 g/mol. The van der Waals surface area contributed by atoms with Crippen molar-refractivity contribution < 1.29 is 14.3 Å².